The van der Waals surface area contributed by atoms with Gasteiger partial charge in [-0.1, -0.05) is 17.7 Å². The fourth-order valence-electron chi connectivity index (χ4n) is 4.03. The highest BCUT2D eigenvalue weighted by molar-refractivity contribution is 5.27. The van der Waals surface area contributed by atoms with Crippen molar-refractivity contribution in [1.82, 2.24) is 0 Å². The molecule has 0 aliphatic rings. The molecule has 5 atom stereocenters. The third-order valence-corrected chi connectivity index (χ3v) is 5.72. The minimum atomic E-state index is -3.10. The van der Waals surface area contributed by atoms with Crippen LogP contribution in [0.5, 0.6) is 0 Å². The van der Waals surface area contributed by atoms with E-state index in [-0.39, 0.29) is 5.57 Å². The average Bonchev–Trinajstić information content (AvgIpc) is 2.76. The first kappa shape index (κ1) is 27.9. The third-order valence-electron chi connectivity index (χ3n) is 5.72. The molecule has 2 rings (SSSR count). The topological polar surface area (TPSA) is 121 Å². The molecule has 0 saturated carbocycles. The first-order valence-electron chi connectivity index (χ1n) is 10.4. The van der Waals surface area contributed by atoms with Gasteiger partial charge >= 0.3 is 0 Å². The Morgan fingerprint density at radius 1 is 0.853 bits per heavy atom. The fourth-order valence-corrected chi connectivity index (χ4v) is 4.03. The molecule has 10 heteroatoms. The van der Waals surface area contributed by atoms with Crippen LogP contribution in [0.25, 0.3) is 0 Å². The van der Waals surface area contributed by atoms with Crippen LogP contribution in [0.4, 0.5) is 17.6 Å². The summed E-state index contributed by atoms with van der Waals surface area (Å²) >= 11 is 0. The standard InChI is InChI=1S/C24H28F4O6/c1-13(2)9-23(33,10-14-16(25)5-3-6-17(14)26)22(32)24(34,21(31)20(30)12-29)11-15-18(27)7-4-8-19(15)28/h3-8,20-22,29-34H,1,9-12H2,2H3/t20-,21+,22+,23?,24+/m0/s1. The molecule has 0 heterocycles. The Balaban J connectivity index is 2.66. The van der Waals surface area contributed by atoms with Crippen LogP contribution in [-0.4, -0.2) is 66.8 Å². The average molecular weight is 488 g/mol. The zero-order valence-corrected chi connectivity index (χ0v) is 18.4. The Labute approximate surface area is 194 Å². The summed E-state index contributed by atoms with van der Waals surface area (Å²) in [6.45, 7) is 3.87. The second kappa shape index (κ2) is 10.9. The lowest BCUT2D eigenvalue weighted by Crippen LogP contribution is -2.66. The van der Waals surface area contributed by atoms with Gasteiger partial charge in [-0.05, 0) is 37.6 Å². The van der Waals surface area contributed by atoms with Gasteiger partial charge in [0.15, 0.2) is 0 Å². The molecule has 2 aromatic rings. The van der Waals surface area contributed by atoms with Gasteiger partial charge in [-0.25, -0.2) is 17.6 Å². The Bertz CT molecular complexity index is 978. The molecule has 0 spiro atoms. The zero-order chi connectivity index (χ0) is 25.8. The van der Waals surface area contributed by atoms with Crippen molar-refractivity contribution < 1.29 is 48.2 Å². The summed E-state index contributed by atoms with van der Waals surface area (Å²) in [5.41, 5.74) is -7.02. The van der Waals surface area contributed by atoms with Crippen LogP contribution in [0, 0.1) is 23.3 Å². The van der Waals surface area contributed by atoms with E-state index in [9.17, 15) is 48.2 Å². The van der Waals surface area contributed by atoms with E-state index in [0.29, 0.717) is 0 Å². The molecule has 1 unspecified atom stereocenters. The highest BCUT2D eigenvalue weighted by atomic mass is 19.1. The second-order valence-corrected chi connectivity index (χ2v) is 8.58. The molecule has 0 bridgehead atoms. The summed E-state index contributed by atoms with van der Waals surface area (Å²) in [7, 11) is 0. The maximum atomic E-state index is 14.3. The van der Waals surface area contributed by atoms with Crippen molar-refractivity contribution in [2.24, 2.45) is 0 Å². The SMILES string of the molecule is C=C(C)CC(O)(Cc1c(F)cccc1F)[C@@H](O)[C@@](O)(Cc1c(F)cccc1F)[C@H](O)[C@@H](O)CO. The summed E-state index contributed by atoms with van der Waals surface area (Å²) in [4.78, 5) is 0. The molecule has 0 saturated heterocycles. The molecular weight excluding hydrogens is 460 g/mol. The maximum Gasteiger partial charge on any atom is 0.129 e. The van der Waals surface area contributed by atoms with E-state index in [1.54, 1.807) is 0 Å². The molecule has 0 aromatic heterocycles. The van der Waals surface area contributed by atoms with E-state index in [4.69, 9.17) is 0 Å². The normalized spacial score (nSPS) is 18.0. The van der Waals surface area contributed by atoms with Gasteiger partial charge in [0.2, 0.25) is 0 Å². The van der Waals surface area contributed by atoms with Crippen molar-refractivity contribution in [1.29, 1.82) is 0 Å². The predicted octanol–water partition coefficient (Wildman–Crippen LogP) is 1.53. The van der Waals surface area contributed by atoms with Gasteiger partial charge < -0.3 is 30.6 Å². The summed E-state index contributed by atoms with van der Waals surface area (Å²) in [5.74, 6) is -4.49. The molecule has 2 aromatic carbocycles. The Morgan fingerprint density at radius 2 is 1.26 bits per heavy atom. The Morgan fingerprint density at radius 3 is 1.65 bits per heavy atom. The predicted molar refractivity (Wildman–Crippen MR) is 115 cm³/mol. The van der Waals surface area contributed by atoms with Gasteiger partial charge in [0.1, 0.15) is 52.8 Å². The van der Waals surface area contributed by atoms with Crippen LogP contribution in [0.2, 0.25) is 0 Å². The van der Waals surface area contributed by atoms with Gasteiger partial charge in [-0.2, -0.15) is 0 Å². The molecule has 6 N–H and O–H groups in total. The Kier molecular flexibility index (Phi) is 8.98. The summed E-state index contributed by atoms with van der Waals surface area (Å²) in [6.07, 6.45) is -9.80. The maximum absolute atomic E-state index is 14.3. The van der Waals surface area contributed by atoms with Crippen LogP contribution >= 0.6 is 0 Å². The molecule has 188 valence electrons. The van der Waals surface area contributed by atoms with E-state index in [2.05, 4.69) is 6.58 Å². The largest absolute Gasteiger partial charge is 0.394 e. The molecule has 34 heavy (non-hydrogen) atoms. The molecule has 6 nitrogen and oxygen atoms in total. The number of halogens is 4. The number of hydrogen-bond donors (Lipinski definition) is 6. The van der Waals surface area contributed by atoms with Gasteiger partial charge in [0.25, 0.3) is 0 Å². The highest BCUT2D eigenvalue weighted by Gasteiger charge is 2.55. The first-order chi connectivity index (χ1) is 15.8. The lowest BCUT2D eigenvalue weighted by Gasteiger charge is -2.46. The van der Waals surface area contributed by atoms with Crippen LogP contribution in [0.3, 0.4) is 0 Å². The summed E-state index contributed by atoms with van der Waals surface area (Å²) in [5, 5.41) is 63.7. The summed E-state index contributed by atoms with van der Waals surface area (Å²) < 4.78 is 57.4. The number of aliphatic hydroxyl groups is 6. The molecule has 0 aliphatic carbocycles. The minimum absolute atomic E-state index is 0.190. The van der Waals surface area contributed by atoms with Crippen molar-refractivity contribution in [3.05, 3.63) is 82.9 Å². The van der Waals surface area contributed by atoms with Crippen molar-refractivity contribution in [2.75, 3.05) is 6.61 Å². The van der Waals surface area contributed by atoms with Gasteiger partial charge in [-0.15, -0.1) is 6.58 Å². The van der Waals surface area contributed by atoms with E-state index < -0.39 is 89.8 Å². The lowest BCUT2D eigenvalue weighted by atomic mass is 9.71. The second-order valence-electron chi connectivity index (χ2n) is 8.58. The van der Waals surface area contributed by atoms with E-state index in [0.717, 1.165) is 36.4 Å². The van der Waals surface area contributed by atoms with Crippen molar-refractivity contribution in [3.63, 3.8) is 0 Å². The fraction of sp³-hybridized carbons (Fsp3) is 0.417. The zero-order valence-electron chi connectivity index (χ0n) is 18.4. The molecule has 0 fully saturated rings. The van der Waals surface area contributed by atoms with Crippen LogP contribution in [0.1, 0.15) is 24.5 Å². The van der Waals surface area contributed by atoms with Gasteiger partial charge in [-0.3, -0.25) is 0 Å². The van der Waals surface area contributed by atoms with Crippen molar-refractivity contribution in [2.45, 2.75) is 55.7 Å². The summed E-state index contributed by atoms with van der Waals surface area (Å²) in [6, 6.07) is 5.58. The van der Waals surface area contributed by atoms with Crippen molar-refractivity contribution >= 4 is 0 Å². The molecular formula is C24H28F4O6. The highest BCUT2D eigenvalue weighted by Crippen LogP contribution is 2.37. The molecule has 0 amide bonds. The van der Waals surface area contributed by atoms with E-state index >= 15 is 0 Å². The Hall–Kier alpha value is -2.34. The number of benzene rings is 2. The van der Waals surface area contributed by atoms with E-state index in [1.165, 1.54) is 6.92 Å². The molecule has 0 aliphatic heterocycles. The van der Waals surface area contributed by atoms with Crippen LogP contribution < -0.4 is 0 Å². The number of rotatable bonds is 11. The van der Waals surface area contributed by atoms with Crippen LogP contribution in [0.15, 0.2) is 48.6 Å². The smallest absolute Gasteiger partial charge is 0.129 e. The number of hydrogen-bond acceptors (Lipinski definition) is 6. The minimum Gasteiger partial charge on any atom is -0.394 e. The number of aliphatic hydroxyl groups excluding tert-OH is 4. The van der Waals surface area contributed by atoms with Crippen molar-refractivity contribution in [3.8, 4) is 0 Å². The monoisotopic (exact) mass is 488 g/mol. The third kappa shape index (κ3) is 5.83. The lowest BCUT2D eigenvalue weighted by molar-refractivity contribution is -0.229. The quantitative estimate of drug-likeness (QED) is 0.211. The van der Waals surface area contributed by atoms with Gasteiger partial charge in [0.05, 0.1) is 6.61 Å². The van der Waals surface area contributed by atoms with Crippen LogP contribution in [-0.2, 0) is 12.8 Å². The van der Waals surface area contributed by atoms with E-state index in [1.807, 2.05) is 0 Å². The van der Waals surface area contributed by atoms with Gasteiger partial charge in [0, 0.05) is 24.0 Å². The first-order valence-corrected chi connectivity index (χ1v) is 10.4. The molecule has 0 radical (unpaired) electrons.